The average molecular weight is 345 g/mol. The number of fused-ring (bicyclic) bond motifs is 1. The third kappa shape index (κ3) is 3.91. The Labute approximate surface area is 156 Å². The fraction of sp³-hybridized carbons (Fsp3) is 0.333. The zero-order valence-corrected chi connectivity index (χ0v) is 15.5. The first kappa shape index (κ1) is 17.1. The molecule has 0 aromatic heterocycles. The summed E-state index contributed by atoms with van der Waals surface area (Å²) in [6.07, 6.45) is 4.99. The molecule has 1 fully saturated rings. The molecule has 2 N–H and O–H groups in total. The van der Waals surface area contributed by atoms with Crippen LogP contribution in [-0.4, -0.2) is 12.1 Å². The molecule has 0 bridgehead atoms. The van der Waals surface area contributed by atoms with Crippen molar-refractivity contribution in [2.45, 2.75) is 50.7 Å². The number of rotatable bonds is 5. The summed E-state index contributed by atoms with van der Waals surface area (Å²) in [5.74, 6) is 0. The van der Waals surface area contributed by atoms with Gasteiger partial charge in [0.25, 0.3) is 0 Å². The first-order chi connectivity index (χ1) is 12.8. The minimum Gasteiger partial charge on any atom is -0.382 e. The summed E-state index contributed by atoms with van der Waals surface area (Å²) < 4.78 is 0. The number of anilines is 1. The Hall–Kier alpha value is -2.32. The lowest BCUT2D eigenvalue weighted by atomic mass is 9.89. The van der Waals surface area contributed by atoms with Crippen LogP contribution in [0.15, 0.2) is 72.8 Å². The van der Waals surface area contributed by atoms with E-state index in [0.717, 1.165) is 0 Å². The van der Waals surface area contributed by atoms with Crippen molar-refractivity contribution < 1.29 is 0 Å². The fourth-order valence-electron chi connectivity index (χ4n) is 4.31. The quantitative estimate of drug-likeness (QED) is 0.601. The zero-order chi connectivity index (χ0) is 17.8. The number of nitrogens with one attached hydrogen (secondary N) is 2. The number of para-hydroxylation sites is 1. The highest BCUT2D eigenvalue weighted by atomic mass is 15.0. The second kappa shape index (κ2) is 7.92. The van der Waals surface area contributed by atoms with Crippen LogP contribution in [0.3, 0.4) is 0 Å². The summed E-state index contributed by atoms with van der Waals surface area (Å²) >= 11 is 0. The van der Waals surface area contributed by atoms with Gasteiger partial charge >= 0.3 is 0 Å². The summed E-state index contributed by atoms with van der Waals surface area (Å²) in [5, 5.41) is 10.3. The molecule has 1 aliphatic rings. The lowest BCUT2D eigenvalue weighted by Gasteiger charge is -2.33. The summed E-state index contributed by atoms with van der Waals surface area (Å²) in [7, 11) is 0. The van der Waals surface area contributed by atoms with E-state index in [1.165, 1.54) is 47.7 Å². The van der Waals surface area contributed by atoms with E-state index in [9.17, 15) is 0 Å². The van der Waals surface area contributed by atoms with Gasteiger partial charge in [-0.05, 0) is 61.1 Å². The van der Waals surface area contributed by atoms with E-state index in [0.29, 0.717) is 18.1 Å². The van der Waals surface area contributed by atoms with Crippen LogP contribution < -0.4 is 10.6 Å². The Balaban J connectivity index is 1.43. The molecule has 3 atom stereocenters. The predicted octanol–water partition coefficient (Wildman–Crippen LogP) is 5.91. The highest BCUT2D eigenvalue weighted by molar-refractivity contribution is 5.86. The van der Waals surface area contributed by atoms with Crippen molar-refractivity contribution in [3.63, 3.8) is 0 Å². The van der Waals surface area contributed by atoms with E-state index in [1.54, 1.807) is 0 Å². The molecule has 4 rings (SSSR count). The van der Waals surface area contributed by atoms with Gasteiger partial charge in [-0.1, -0.05) is 60.7 Å². The summed E-state index contributed by atoms with van der Waals surface area (Å²) in [6.45, 7) is 2.30. The molecule has 0 amide bonds. The summed E-state index contributed by atoms with van der Waals surface area (Å²) in [6, 6.07) is 27.4. The minimum atomic E-state index is 0.363. The van der Waals surface area contributed by atoms with E-state index >= 15 is 0 Å². The van der Waals surface area contributed by atoms with Crippen LogP contribution in [0, 0.1) is 0 Å². The van der Waals surface area contributed by atoms with E-state index in [4.69, 9.17) is 0 Å². The summed E-state index contributed by atoms with van der Waals surface area (Å²) in [5.41, 5.74) is 2.64. The molecule has 1 saturated carbocycles. The lowest BCUT2D eigenvalue weighted by molar-refractivity contribution is 0.329. The van der Waals surface area contributed by atoms with Crippen molar-refractivity contribution in [3.8, 4) is 0 Å². The van der Waals surface area contributed by atoms with E-state index in [1.807, 2.05) is 0 Å². The van der Waals surface area contributed by atoms with Gasteiger partial charge in [-0.25, -0.2) is 0 Å². The van der Waals surface area contributed by atoms with Gasteiger partial charge in [0.2, 0.25) is 0 Å². The Morgan fingerprint density at radius 2 is 1.54 bits per heavy atom. The van der Waals surface area contributed by atoms with Crippen LogP contribution >= 0.6 is 0 Å². The molecule has 2 nitrogen and oxygen atoms in total. The maximum atomic E-state index is 3.90. The molecule has 2 heteroatoms. The van der Waals surface area contributed by atoms with Crippen molar-refractivity contribution in [1.82, 2.24) is 5.32 Å². The molecule has 3 unspecified atom stereocenters. The smallest absolute Gasteiger partial charge is 0.0342 e. The van der Waals surface area contributed by atoms with Gasteiger partial charge in [-0.15, -0.1) is 0 Å². The van der Waals surface area contributed by atoms with Gasteiger partial charge in [0.15, 0.2) is 0 Å². The maximum absolute atomic E-state index is 3.90. The molecular weight excluding hydrogens is 316 g/mol. The van der Waals surface area contributed by atoms with Gasteiger partial charge in [0.1, 0.15) is 0 Å². The monoisotopic (exact) mass is 344 g/mol. The Morgan fingerprint density at radius 3 is 2.42 bits per heavy atom. The van der Waals surface area contributed by atoms with Crippen molar-refractivity contribution in [2.75, 3.05) is 5.32 Å². The molecule has 0 spiro atoms. The topological polar surface area (TPSA) is 24.1 Å². The standard InChI is InChI=1S/C24H28N2/c1-18(23-16-7-10-19-9-5-6-15-24(19)23)25-21-13-8-14-22(17-21)26-20-11-3-2-4-12-20/h2-7,9-12,15-16,18,21-22,25-26H,8,13-14,17H2,1H3. The number of hydrogen-bond acceptors (Lipinski definition) is 2. The maximum Gasteiger partial charge on any atom is 0.0342 e. The molecule has 0 aliphatic heterocycles. The molecule has 0 saturated heterocycles. The summed E-state index contributed by atoms with van der Waals surface area (Å²) in [4.78, 5) is 0. The fourth-order valence-corrected chi connectivity index (χ4v) is 4.31. The van der Waals surface area contributed by atoms with Crippen molar-refractivity contribution in [1.29, 1.82) is 0 Å². The molecule has 0 radical (unpaired) electrons. The Bertz CT molecular complexity index is 838. The Morgan fingerprint density at radius 1 is 0.808 bits per heavy atom. The van der Waals surface area contributed by atoms with Crippen molar-refractivity contribution in [2.24, 2.45) is 0 Å². The SMILES string of the molecule is CC(NC1CCCC(Nc2ccccc2)C1)c1cccc2ccccc12. The van der Waals surface area contributed by atoms with Crippen LogP contribution in [0.5, 0.6) is 0 Å². The van der Waals surface area contributed by atoms with Gasteiger partial charge in [-0.2, -0.15) is 0 Å². The third-order valence-electron chi connectivity index (χ3n) is 5.59. The number of hydrogen-bond donors (Lipinski definition) is 2. The van der Waals surface area contributed by atoms with Gasteiger partial charge in [0, 0.05) is 23.8 Å². The first-order valence-corrected chi connectivity index (χ1v) is 9.85. The van der Waals surface area contributed by atoms with Gasteiger partial charge < -0.3 is 10.6 Å². The van der Waals surface area contributed by atoms with Gasteiger partial charge in [0.05, 0.1) is 0 Å². The molecule has 1 aliphatic carbocycles. The van der Waals surface area contributed by atoms with Crippen LogP contribution in [0.25, 0.3) is 10.8 Å². The largest absolute Gasteiger partial charge is 0.382 e. The van der Waals surface area contributed by atoms with Crippen LogP contribution in [0.1, 0.15) is 44.2 Å². The molecule has 0 heterocycles. The number of benzene rings is 3. The molecule has 3 aromatic carbocycles. The van der Waals surface area contributed by atoms with E-state index in [2.05, 4.69) is 90.4 Å². The molecular formula is C24H28N2. The average Bonchev–Trinajstić information content (AvgIpc) is 2.68. The second-order valence-electron chi connectivity index (χ2n) is 7.53. The molecule has 3 aromatic rings. The molecule has 134 valence electrons. The lowest BCUT2D eigenvalue weighted by Crippen LogP contribution is -2.40. The normalized spacial score (nSPS) is 21.4. The van der Waals surface area contributed by atoms with E-state index in [-0.39, 0.29) is 0 Å². The first-order valence-electron chi connectivity index (χ1n) is 9.85. The van der Waals surface area contributed by atoms with E-state index < -0.39 is 0 Å². The Kier molecular flexibility index (Phi) is 5.21. The highest BCUT2D eigenvalue weighted by Gasteiger charge is 2.23. The highest BCUT2D eigenvalue weighted by Crippen LogP contribution is 2.28. The van der Waals surface area contributed by atoms with Crippen molar-refractivity contribution in [3.05, 3.63) is 78.4 Å². The predicted molar refractivity (Wildman–Crippen MR) is 112 cm³/mol. The minimum absolute atomic E-state index is 0.363. The zero-order valence-electron chi connectivity index (χ0n) is 15.5. The van der Waals surface area contributed by atoms with Crippen LogP contribution in [-0.2, 0) is 0 Å². The molecule has 26 heavy (non-hydrogen) atoms. The third-order valence-corrected chi connectivity index (χ3v) is 5.59. The second-order valence-corrected chi connectivity index (χ2v) is 7.53. The van der Waals surface area contributed by atoms with Gasteiger partial charge in [-0.3, -0.25) is 0 Å². The van der Waals surface area contributed by atoms with Crippen LogP contribution in [0.2, 0.25) is 0 Å². The van der Waals surface area contributed by atoms with Crippen LogP contribution in [0.4, 0.5) is 5.69 Å². The van der Waals surface area contributed by atoms with Crippen molar-refractivity contribution >= 4 is 16.5 Å².